The van der Waals surface area contributed by atoms with Gasteiger partial charge in [-0.1, -0.05) is 30.3 Å². The zero-order chi connectivity index (χ0) is 14.4. The molecule has 0 saturated carbocycles. The van der Waals surface area contributed by atoms with Crippen molar-refractivity contribution in [1.82, 2.24) is 0 Å². The van der Waals surface area contributed by atoms with Gasteiger partial charge in [0.1, 0.15) is 11.6 Å². The molecule has 0 aliphatic heterocycles. The Kier molecular flexibility index (Phi) is 4.99. The first-order valence-corrected chi connectivity index (χ1v) is 6.92. The van der Waals surface area contributed by atoms with E-state index in [-0.39, 0.29) is 11.9 Å². The van der Waals surface area contributed by atoms with Gasteiger partial charge < -0.3 is 10.1 Å². The molecule has 0 aliphatic rings. The largest absolute Gasteiger partial charge is 0.492 e. The number of rotatable bonds is 6. The van der Waals surface area contributed by atoms with Gasteiger partial charge in [-0.2, -0.15) is 0 Å². The van der Waals surface area contributed by atoms with E-state index in [1.807, 2.05) is 50.2 Å². The summed E-state index contributed by atoms with van der Waals surface area (Å²) < 4.78 is 19.2. The first-order chi connectivity index (χ1) is 9.70. The Morgan fingerprint density at radius 1 is 1.10 bits per heavy atom. The zero-order valence-corrected chi connectivity index (χ0v) is 11.9. The monoisotopic (exact) mass is 273 g/mol. The lowest BCUT2D eigenvalue weighted by Gasteiger charge is -2.18. The summed E-state index contributed by atoms with van der Waals surface area (Å²) in [6.45, 7) is 4.62. The van der Waals surface area contributed by atoms with Crippen molar-refractivity contribution in [1.29, 1.82) is 0 Å². The quantitative estimate of drug-likeness (QED) is 0.848. The maximum absolute atomic E-state index is 13.6. The summed E-state index contributed by atoms with van der Waals surface area (Å²) in [5.41, 5.74) is 1.67. The van der Waals surface area contributed by atoms with Crippen molar-refractivity contribution in [2.75, 3.05) is 11.9 Å². The normalized spacial score (nSPS) is 11.9. The first-order valence-electron chi connectivity index (χ1n) is 6.92. The van der Waals surface area contributed by atoms with E-state index in [1.54, 1.807) is 6.07 Å². The minimum atomic E-state index is -0.153. The number of hydrogen-bond donors (Lipinski definition) is 1. The molecule has 0 heterocycles. The lowest BCUT2D eigenvalue weighted by Crippen LogP contribution is -2.19. The van der Waals surface area contributed by atoms with Crippen LogP contribution >= 0.6 is 0 Å². The van der Waals surface area contributed by atoms with E-state index in [9.17, 15) is 4.39 Å². The SMILES string of the molecule is CCOc1ccccc1NC(C)Cc1ccccc1F. The van der Waals surface area contributed by atoms with Crippen LogP contribution in [0.15, 0.2) is 48.5 Å². The Morgan fingerprint density at radius 2 is 1.80 bits per heavy atom. The van der Waals surface area contributed by atoms with E-state index in [0.29, 0.717) is 13.0 Å². The van der Waals surface area contributed by atoms with Crippen LogP contribution in [0, 0.1) is 5.82 Å². The minimum Gasteiger partial charge on any atom is -0.492 e. The molecule has 20 heavy (non-hydrogen) atoms. The highest BCUT2D eigenvalue weighted by Crippen LogP contribution is 2.25. The van der Waals surface area contributed by atoms with Crippen LogP contribution < -0.4 is 10.1 Å². The molecule has 0 fully saturated rings. The summed E-state index contributed by atoms with van der Waals surface area (Å²) in [4.78, 5) is 0. The van der Waals surface area contributed by atoms with Crippen molar-refractivity contribution in [3.05, 3.63) is 59.9 Å². The third kappa shape index (κ3) is 3.73. The number of ether oxygens (including phenoxy) is 1. The molecule has 0 radical (unpaired) electrons. The van der Waals surface area contributed by atoms with Crippen LogP contribution in [0.1, 0.15) is 19.4 Å². The van der Waals surface area contributed by atoms with Crippen molar-refractivity contribution >= 4 is 5.69 Å². The van der Waals surface area contributed by atoms with Crippen LogP contribution in [-0.4, -0.2) is 12.6 Å². The van der Waals surface area contributed by atoms with Gasteiger partial charge in [0, 0.05) is 6.04 Å². The fraction of sp³-hybridized carbons (Fsp3) is 0.294. The van der Waals surface area contributed by atoms with E-state index < -0.39 is 0 Å². The Morgan fingerprint density at radius 3 is 2.55 bits per heavy atom. The molecule has 1 unspecified atom stereocenters. The lowest BCUT2D eigenvalue weighted by atomic mass is 10.1. The average Bonchev–Trinajstić information content (AvgIpc) is 2.44. The van der Waals surface area contributed by atoms with Crippen molar-refractivity contribution in [3.63, 3.8) is 0 Å². The Bertz CT molecular complexity index is 556. The summed E-state index contributed by atoms with van der Waals surface area (Å²) in [7, 11) is 0. The van der Waals surface area contributed by atoms with Crippen molar-refractivity contribution in [2.24, 2.45) is 0 Å². The predicted molar refractivity (Wildman–Crippen MR) is 80.8 cm³/mol. The second-order valence-electron chi connectivity index (χ2n) is 4.77. The molecular formula is C17H20FNO. The van der Waals surface area contributed by atoms with E-state index in [2.05, 4.69) is 5.32 Å². The van der Waals surface area contributed by atoms with Crippen molar-refractivity contribution in [2.45, 2.75) is 26.3 Å². The molecule has 0 aliphatic carbocycles. The summed E-state index contributed by atoms with van der Waals surface area (Å²) in [6, 6.07) is 14.8. The van der Waals surface area contributed by atoms with Crippen LogP contribution in [0.3, 0.4) is 0 Å². The molecule has 2 aromatic carbocycles. The van der Waals surface area contributed by atoms with Crippen LogP contribution in [0.5, 0.6) is 5.75 Å². The molecule has 0 amide bonds. The van der Waals surface area contributed by atoms with Crippen LogP contribution in [0.4, 0.5) is 10.1 Å². The molecule has 0 aromatic heterocycles. The lowest BCUT2D eigenvalue weighted by molar-refractivity contribution is 0.341. The number of anilines is 1. The fourth-order valence-corrected chi connectivity index (χ4v) is 2.18. The van der Waals surface area contributed by atoms with Gasteiger partial charge in [0.2, 0.25) is 0 Å². The highest BCUT2D eigenvalue weighted by Gasteiger charge is 2.09. The summed E-state index contributed by atoms with van der Waals surface area (Å²) in [5.74, 6) is 0.676. The predicted octanol–water partition coefficient (Wildman–Crippen LogP) is 4.27. The van der Waals surface area contributed by atoms with Gasteiger partial charge in [-0.15, -0.1) is 0 Å². The third-order valence-corrected chi connectivity index (χ3v) is 3.07. The molecule has 106 valence electrons. The number of para-hydroxylation sites is 2. The van der Waals surface area contributed by atoms with Gasteiger partial charge in [-0.3, -0.25) is 0 Å². The topological polar surface area (TPSA) is 21.3 Å². The molecule has 2 rings (SSSR count). The molecule has 2 aromatic rings. The molecule has 1 N–H and O–H groups in total. The summed E-state index contributed by atoms with van der Waals surface area (Å²) >= 11 is 0. The second kappa shape index (κ2) is 6.94. The molecule has 3 heteroatoms. The fourth-order valence-electron chi connectivity index (χ4n) is 2.18. The number of halogens is 1. The van der Waals surface area contributed by atoms with Gasteiger partial charge in [0.25, 0.3) is 0 Å². The highest BCUT2D eigenvalue weighted by atomic mass is 19.1. The Hall–Kier alpha value is -2.03. The third-order valence-electron chi connectivity index (χ3n) is 3.07. The van der Waals surface area contributed by atoms with Gasteiger partial charge >= 0.3 is 0 Å². The van der Waals surface area contributed by atoms with Gasteiger partial charge in [-0.05, 0) is 44.0 Å². The highest BCUT2D eigenvalue weighted by molar-refractivity contribution is 5.56. The van der Waals surface area contributed by atoms with Gasteiger partial charge in [-0.25, -0.2) is 4.39 Å². The molecule has 0 bridgehead atoms. The van der Waals surface area contributed by atoms with Gasteiger partial charge in [0.15, 0.2) is 0 Å². The maximum atomic E-state index is 13.6. The molecule has 0 spiro atoms. The summed E-state index contributed by atoms with van der Waals surface area (Å²) in [5, 5.41) is 3.38. The first kappa shape index (κ1) is 14.4. The molecule has 0 saturated heterocycles. The van der Waals surface area contributed by atoms with E-state index in [0.717, 1.165) is 17.0 Å². The van der Waals surface area contributed by atoms with E-state index >= 15 is 0 Å². The summed E-state index contributed by atoms with van der Waals surface area (Å²) in [6.07, 6.45) is 0.632. The van der Waals surface area contributed by atoms with Crippen LogP contribution in [-0.2, 0) is 6.42 Å². The Balaban J connectivity index is 2.05. The van der Waals surface area contributed by atoms with Crippen LogP contribution in [0.25, 0.3) is 0 Å². The Labute approximate surface area is 119 Å². The van der Waals surface area contributed by atoms with E-state index in [4.69, 9.17) is 4.74 Å². The smallest absolute Gasteiger partial charge is 0.142 e. The van der Waals surface area contributed by atoms with Crippen molar-refractivity contribution < 1.29 is 9.13 Å². The van der Waals surface area contributed by atoms with Crippen molar-refractivity contribution in [3.8, 4) is 5.75 Å². The second-order valence-corrected chi connectivity index (χ2v) is 4.77. The standard InChI is InChI=1S/C17H20FNO/c1-3-20-17-11-7-6-10-16(17)19-13(2)12-14-8-4-5-9-15(14)18/h4-11,13,19H,3,12H2,1-2H3. The molecule has 1 atom stereocenters. The van der Waals surface area contributed by atoms with Gasteiger partial charge in [0.05, 0.1) is 12.3 Å². The average molecular weight is 273 g/mol. The number of benzene rings is 2. The maximum Gasteiger partial charge on any atom is 0.142 e. The zero-order valence-electron chi connectivity index (χ0n) is 11.9. The molecular weight excluding hydrogens is 253 g/mol. The minimum absolute atomic E-state index is 0.119. The number of hydrogen-bond acceptors (Lipinski definition) is 2. The number of nitrogens with one attached hydrogen (secondary N) is 1. The van der Waals surface area contributed by atoms with E-state index in [1.165, 1.54) is 6.07 Å². The molecule has 2 nitrogen and oxygen atoms in total. The van der Waals surface area contributed by atoms with Crippen LogP contribution in [0.2, 0.25) is 0 Å².